The van der Waals surface area contributed by atoms with Crippen LogP contribution in [0.3, 0.4) is 0 Å². The van der Waals surface area contributed by atoms with E-state index in [0.717, 1.165) is 12.0 Å². The molecule has 1 nitrogen and oxygen atoms in total. The molecule has 0 unspecified atom stereocenters. The first-order chi connectivity index (χ1) is 18.7. The number of hydrogen-bond acceptors (Lipinski definition) is 1. The van der Waals surface area contributed by atoms with Gasteiger partial charge in [-0.1, -0.05) is 67.8 Å². The van der Waals surface area contributed by atoms with Gasteiger partial charge in [0.1, 0.15) is 5.75 Å². The third kappa shape index (κ3) is 9.71. The van der Waals surface area contributed by atoms with Gasteiger partial charge in [-0.2, -0.15) is 29.8 Å². The van der Waals surface area contributed by atoms with Crippen LogP contribution in [0.15, 0.2) is 121 Å². The van der Waals surface area contributed by atoms with E-state index in [-0.39, 0.29) is 36.0 Å². The number of halogens is 3. The summed E-state index contributed by atoms with van der Waals surface area (Å²) in [6.45, 7) is 6.24. The summed E-state index contributed by atoms with van der Waals surface area (Å²) in [4.78, 5) is 0. The summed E-state index contributed by atoms with van der Waals surface area (Å²) in [5.74, 6) is 0.229. The fourth-order valence-electron chi connectivity index (χ4n) is 4.38. The van der Waals surface area contributed by atoms with Crippen LogP contribution in [-0.4, -0.2) is 8.92 Å². The average Bonchev–Trinajstić information content (AvgIpc) is 3.32. The molecule has 0 fully saturated rings. The minimum Gasteiger partial charge on any atom is -0.179 e. The van der Waals surface area contributed by atoms with Crippen LogP contribution in [0.25, 0.3) is 11.1 Å². The summed E-state index contributed by atoms with van der Waals surface area (Å²) in [6, 6.07) is 44.2. The minimum absolute atomic E-state index is 0. The summed E-state index contributed by atoms with van der Waals surface area (Å²) in [7, 11) is 0. The van der Waals surface area contributed by atoms with E-state index < -0.39 is 0 Å². The van der Waals surface area contributed by atoms with Crippen molar-refractivity contribution < 1.29 is 49.9 Å². The van der Waals surface area contributed by atoms with Gasteiger partial charge < -0.3 is 29.9 Å². The first-order valence-electron chi connectivity index (χ1n) is 13.0. The van der Waals surface area contributed by atoms with Crippen LogP contribution in [-0.2, 0) is 31.8 Å². The van der Waals surface area contributed by atoms with Gasteiger partial charge in [-0.05, 0) is 35.6 Å². The molecule has 209 valence electrons. The zero-order valence-electron chi connectivity index (χ0n) is 23.3. The summed E-state index contributed by atoms with van der Waals surface area (Å²) in [5, 5.41) is 9.86. The zero-order valence-corrected chi connectivity index (χ0v) is 27.2. The Morgan fingerprint density at radius 3 is 1.83 bits per heavy atom. The maximum atomic E-state index is 9.27. The summed E-state index contributed by atoms with van der Waals surface area (Å²) in [5.41, 5.74) is 9.17. The molecule has 0 spiro atoms. The summed E-state index contributed by atoms with van der Waals surface area (Å²) < 4.78 is 1.33. The molecule has 0 heterocycles. The van der Waals surface area contributed by atoms with Crippen LogP contribution >= 0.6 is 11.6 Å². The molecule has 0 amide bonds. The quantitative estimate of drug-likeness (QED) is 0.229. The monoisotopic (exact) mass is 633 g/mol. The Kier molecular flexibility index (Phi) is 13.6. The smallest absolute Gasteiger partial charge is 0.0253 e. The number of aromatic hydroxyl groups is 1. The third-order valence-corrected chi connectivity index (χ3v) is 7.61. The first kappa shape index (κ1) is 34.6. The predicted octanol–water partition coefficient (Wildman–Crippen LogP) is 3.21. The van der Waals surface area contributed by atoms with Gasteiger partial charge in [0.05, 0.1) is 0 Å². The Hall–Kier alpha value is -2.65. The van der Waals surface area contributed by atoms with Gasteiger partial charge in [-0.15, -0.1) is 5.56 Å². The predicted molar refractivity (Wildman–Crippen MR) is 161 cm³/mol. The van der Waals surface area contributed by atoms with Crippen LogP contribution in [0.2, 0.25) is 5.02 Å². The first-order valence-corrected chi connectivity index (χ1v) is 14.2. The van der Waals surface area contributed by atoms with E-state index in [0.29, 0.717) is 5.02 Å². The number of fused-ring (bicyclic) bond motifs is 3. The van der Waals surface area contributed by atoms with Crippen molar-refractivity contribution in [2.24, 2.45) is 0 Å². The van der Waals surface area contributed by atoms with Crippen LogP contribution in [0.4, 0.5) is 0 Å². The maximum Gasteiger partial charge on any atom is -0.0253 e. The van der Waals surface area contributed by atoms with Gasteiger partial charge in [0.25, 0.3) is 0 Å². The zero-order chi connectivity index (χ0) is 27.8. The molecule has 41 heavy (non-hydrogen) atoms. The number of phenolic OH excluding ortho intramolecular Hbond substituents is 1. The van der Waals surface area contributed by atoms with Crippen molar-refractivity contribution in [2.75, 3.05) is 0 Å². The second-order valence-electron chi connectivity index (χ2n) is 10.5. The van der Waals surface area contributed by atoms with E-state index in [1.54, 1.807) is 6.07 Å². The van der Waals surface area contributed by atoms with Gasteiger partial charge in [-0.25, -0.2) is 0 Å². The topological polar surface area (TPSA) is 20.2 Å². The molecule has 0 bridgehead atoms. The Balaban J connectivity index is 0.000000211. The van der Waals surface area contributed by atoms with Crippen molar-refractivity contribution in [3.8, 4) is 16.9 Å². The molecule has 1 aliphatic rings. The second kappa shape index (κ2) is 16.1. The van der Waals surface area contributed by atoms with E-state index in [1.165, 1.54) is 43.3 Å². The number of hydrogen-bond donors (Lipinski definition) is 1. The Morgan fingerprint density at radius 2 is 1.27 bits per heavy atom. The van der Waals surface area contributed by atoms with Crippen LogP contribution < -0.4 is 24.8 Å². The largest absolute Gasteiger partial charge is 0.179 e. The Morgan fingerprint density at radius 1 is 0.732 bits per heavy atom. The van der Waals surface area contributed by atoms with E-state index in [1.807, 2.05) is 24.3 Å². The van der Waals surface area contributed by atoms with Gasteiger partial charge in [-0.3, -0.25) is 0 Å². The fourth-order valence-corrected chi connectivity index (χ4v) is 5.13. The molecular formula is C36H32Cl3OTi-2. The average molecular weight is 635 g/mol. The van der Waals surface area contributed by atoms with E-state index in [9.17, 15) is 5.11 Å². The second-order valence-corrected chi connectivity index (χ2v) is 11.7. The maximum absolute atomic E-state index is 9.27. The van der Waals surface area contributed by atoms with Gasteiger partial charge in [0, 0.05) is 5.02 Å². The van der Waals surface area contributed by atoms with E-state index in [2.05, 4.69) is 132 Å². The van der Waals surface area contributed by atoms with Crippen LogP contribution in [0.1, 0.15) is 48.6 Å². The number of phenols is 1. The van der Waals surface area contributed by atoms with Crippen molar-refractivity contribution in [3.05, 3.63) is 160 Å². The Labute approximate surface area is 273 Å². The van der Waals surface area contributed by atoms with Gasteiger partial charge in [0.2, 0.25) is 0 Å². The molecule has 0 aliphatic heterocycles. The molecule has 5 heteroatoms. The molecule has 0 atom stereocenters. The van der Waals surface area contributed by atoms with Crippen molar-refractivity contribution in [1.82, 2.24) is 0 Å². The van der Waals surface area contributed by atoms with Crippen molar-refractivity contribution in [3.63, 3.8) is 0 Å². The molecule has 0 saturated heterocycles. The third-order valence-electron chi connectivity index (χ3n) is 6.49. The number of rotatable bonds is 2. The van der Waals surface area contributed by atoms with Crippen molar-refractivity contribution in [2.45, 2.75) is 32.6 Å². The number of benzene rings is 5. The molecule has 0 radical (unpaired) electrons. The minimum atomic E-state index is 0. The van der Waals surface area contributed by atoms with Gasteiger partial charge in [0.15, 0.2) is 0 Å². The van der Waals surface area contributed by atoms with Crippen molar-refractivity contribution in [1.29, 1.82) is 0 Å². The summed E-state index contributed by atoms with van der Waals surface area (Å²) in [6.07, 6.45) is 1.05. The van der Waals surface area contributed by atoms with Crippen LogP contribution in [0, 0.1) is 6.07 Å². The fraction of sp³-hybridized carbons (Fsp3) is 0.139. The molecule has 0 saturated carbocycles. The standard InChI is InChI=1S/C13H9.C13H10.C10H13ClO.2ClH.Ti/c1-3-7-12-10(5-1)9-11-6-2-4-8-13(11)12;1-3-7-12(8-4-1)11-13-9-5-2-6-10-13;1-10(2,3)7-4-8(11)6-9(12)5-7;;;/h1-5,7-8H,9H2;1-10H;4-6,12H,1-3H3;2*1H;/q-1;;;;;+1/p-2. The molecule has 5 aromatic carbocycles. The van der Waals surface area contributed by atoms with Gasteiger partial charge >= 0.3 is 95.6 Å². The molecule has 1 N–H and O–H groups in total. The molecule has 1 aliphatic carbocycles. The molecule has 5 aromatic rings. The molecule has 0 aromatic heterocycles. The van der Waals surface area contributed by atoms with E-state index >= 15 is 0 Å². The SMILES string of the molecule is CC(C)(C)c1cc(O)cc(Cl)c1.[Cl-].[Cl-].[Ti+]=[C](c1ccccc1)c1ccccc1.[c-]1cccc2c1Cc1ccccc1-2. The summed E-state index contributed by atoms with van der Waals surface area (Å²) >= 11 is 7.95. The molecular weight excluding hydrogens is 603 g/mol. The normalized spacial score (nSPS) is 10.7. The van der Waals surface area contributed by atoms with E-state index in [4.69, 9.17) is 11.6 Å². The Bertz CT molecular complexity index is 1440. The van der Waals surface area contributed by atoms with Crippen LogP contribution in [0.5, 0.6) is 5.75 Å². The molecule has 6 rings (SSSR count). The van der Waals surface area contributed by atoms with Crippen molar-refractivity contribution >= 4 is 15.4 Å².